The lowest BCUT2D eigenvalue weighted by Gasteiger charge is -2.19. The van der Waals surface area contributed by atoms with Crippen molar-refractivity contribution in [1.29, 1.82) is 0 Å². The Kier molecular flexibility index (Phi) is 5.66. The Bertz CT molecular complexity index is 336. The van der Waals surface area contributed by atoms with Crippen molar-refractivity contribution in [3.8, 4) is 0 Å². The third kappa shape index (κ3) is 3.84. The van der Waals surface area contributed by atoms with E-state index < -0.39 is 6.10 Å². The van der Waals surface area contributed by atoms with E-state index in [0.717, 1.165) is 5.56 Å². The van der Waals surface area contributed by atoms with Gasteiger partial charge < -0.3 is 15.2 Å². The molecule has 0 fully saturated rings. The SMILES string of the molecule is CC[C@H](CO)NC(=O)C(OC)c1ccccc1. The van der Waals surface area contributed by atoms with E-state index in [4.69, 9.17) is 9.84 Å². The Labute approximate surface area is 102 Å². The van der Waals surface area contributed by atoms with Gasteiger partial charge in [0.25, 0.3) is 5.91 Å². The molecular formula is C13H19NO3. The maximum atomic E-state index is 12.0. The number of rotatable bonds is 6. The van der Waals surface area contributed by atoms with Crippen molar-refractivity contribution in [1.82, 2.24) is 5.32 Å². The van der Waals surface area contributed by atoms with Crippen molar-refractivity contribution in [2.45, 2.75) is 25.5 Å². The second-order valence-electron chi connectivity index (χ2n) is 3.82. The molecule has 0 bridgehead atoms. The van der Waals surface area contributed by atoms with E-state index in [0.29, 0.717) is 6.42 Å². The monoisotopic (exact) mass is 237 g/mol. The summed E-state index contributed by atoms with van der Waals surface area (Å²) < 4.78 is 5.19. The summed E-state index contributed by atoms with van der Waals surface area (Å²) in [6, 6.07) is 9.07. The summed E-state index contributed by atoms with van der Waals surface area (Å²) >= 11 is 0. The molecule has 0 heterocycles. The molecule has 4 nitrogen and oxygen atoms in total. The quantitative estimate of drug-likeness (QED) is 0.783. The van der Waals surface area contributed by atoms with Crippen LogP contribution in [0.25, 0.3) is 0 Å². The second kappa shape index (κ2) is 7.04. The van der Waals surface area contributed by atoms with Gasteiger partial charge in [0.1, 0.15) is 0 Å². The average molecular weight is 237 g/mol. The molecule has 0 aliphatic carbocycles. The van der Waals surface area contributed by atoms with E-state index in [1.807, 2.05) is 37.3 Å². The van der Waals surface area contributed by atoms with Crippen LogP contribution >= 0.6 is 0 Å². The number of amides is 1. The third-order valence-electron chi connectivity index (χ3n) is 2.64. The summed E-state index contributed by atoms with van der Waals surface area (Å²) in [5.74, 6) is -0.223. The van der Waals surface area contributed by atoms with E-state index in [1.54, 1.807) is 0 Å². The van der Waals surface area contributed by atoms with E-state index in [1.165, 1.54) is 7.11 Å². The number of methoxy groups -OCH3 is 1. The smallest absolute Gasteiger partial charge is 0.254 e. The Morgan fingerprint density at radius 2 is 2.06 bits per heavy atom. The first kappa shape index (κ1) is 13.7. The van der Waals surface area contributed by atoms with E-state index in [9.17, 15) is 4.79 Å². The average Bonchev–Trinajstić information content (AvgIpc) is 2.38. The topological polar surface area (TPSA) is 58.6 Å². The van der Waals surface area contributed by atoms with Crippen LogP contribution in [0, 0.1) is 0 Å². The maximum absolute atomic E-state index is 12.0. The molecule has 0 saturated heterocycles. The fourth-order valence-corrected chi connectivity index (χ4v) is 1.58. The third-order valence-corrected chi connectivity index (χ3v) is 2.64. The van der Waals surface area contributed by atoms with Gasteiger partial charge in [-0.3, -0.25) is 4.79 Å². The van der Waals surface area contributed by atoms with Gasteiger partial charge >= 0.3 is 0 Å². The molecule has 17 heavy (non-hydrogen) atoms. The zero-order chi connectivity index (χ0) is 12.7. The Morgan fingerprint density at radius 3 is 2.53 bits per heavy atom. The fourth-order valence-electron chi connectivity index (χ4n) is 1.58. The van der Waals surface area contributed by atoms with Crippen LogP contribution in [0.4, 0.5) is 0 Å². The number of carbonyl (C=O) groups is 1. The van der Waals surface area contributed by atoms with Gasteiger partial charge in [0.05, 0.1) is 12.6 Å². The number of benzene rings is 1. The van der Waals surface area contributed by atoms with Crippen LogP contribution in [0.5, 0.6) is 0 Å². The maximum Gasteiger partial charge on any atom is 0.254 e. The van der Waals surface area contributed by atoms with Crippen LogP contribution in [0.1, 0.15) is 25.0 Å². The molecule has 0 aliphatic heterocycles. The lowest BCUT2D eigenvalue weighted by molar-refractivity contribution is -0.132. The van der Waals surface area contributed by atoms with Crippen molar-refractivity contribution in [3.05, 3.63) is 35.9 Å². The number of hydrogen-bond acceptors (Lipinski definition) is 3. The van der Waals surface area contributed by atoms with Gasteiger partial charge in [-0.2, -0.15) is 0 Å². The Balaban J connectivity index is 2.71. The number of hydrogen-bond donors (Lipinski definition) is 2. The highest BCUT2D eigenvalue weighted by molar-refractivity contribution is 5.82. The van der Waals surface area contributed by atoms with Gasteiger partial charge in [0.2, 0.25) is 0 Å². The van der Waals surface area contributed by atoms with Crippen molar-refractivity contribution in [2.24, 2.45) is 0 Å². The van der Waals surface area contributed by atoms with Crippen molar-refractivity contribution in [2.75, 3.05) is 13.7 Å². The number of aliphatic hydroxyl groups is 1. The van der Waals surface area contributed by atoms with Crippen LogP contribution in [0.3, 0.4) is 0 Å². The lowest BCUT2D eigenvalue weighted by Crippen LogP contribution is -2.40. The standard InChI is InChI=1S/C13H19NO3/c1-3-11(9-15)14-13(16)12(17-2)10-7-5-4-6-8-10/h4-8,11-12,15H,3,9H2,1-2H3,(H,14,16)/t11-,12?/m1/s1. The minimum absolute atomic E-state index is 0.0620. The van der Waals surface area contributed by atoms with Crippen LogP contribution in [0.15, 0.2) is 30.3 Å². The molecular weight excluding hydrogens is 218 g/mol. The zero-order valence-electron chi connectivity index (χ0n) is 10.2. The molecule has 1 unspecified atom stereocenters. The first-order valence-corrected chi connectivity index (χ1v) is 5.71. The minimum Gasteiger partial charge on any atom is -0.394 e. The van der Waals surface area contributed by atoms with Crippen LogP contribution in [-0.4, -0.2) is 30.8 Å². The predicted molar refractivity (Wildman–Crippen MR) is 65.5 cm³/mol. The summed E-state index contributed by atoms with van der Waals surface area (Å²) in [6.07, 6.45) is 0.0600. The van der Waals surface area contributed by atoms with Gasteiger partial charge in [0.15, 0.2) is 6.10 Å². The molecule has 2 N–H and O–H groups in total. The van der Waals surface area contributed by atoms with Crippen LogP contribution < -0.4 is 5.32 Å². The van der Waals surface area contributed by atoms with E-state index >= 15 is 0 Å². The molecule has 0 aliphatic rings. The molecule has 0 radical (unpaired) electrons. The number of ether oxygens (including phenoxy) is 1. The molecule has 0 aromatic heterocycles. The summed E-state index contributed by atoms with van der Waals surface area (Å²) in [5.41, 5.74) is 0.806. The molecule has 1 aromatic rings. The van der Waals surface area contributed by atoms with Crippen molar-refractivity contribution >= 4 is 5.91 Å². The van der Waals surface area contributed by atoms with Gasteiger partial charge in [0, 0.05) is 7.11 Å². The molecule has 1 rings (SSSR count). The predicted octanol–water partition coefficient (Wildman–Crippen LogP) is 1.26. The first-order valence-electron chi connectivity index (χ1n) is 5.71. The van der Waals surface area contributed by atoms with Crippen molar-refractivity contribution in [3.63, 3.8) is 0 Å². The summed E-state index contributed by atoms with van der Waals surface area (Å²) in [5, 5.41) is 11.8. The molecule has 94 valence electrons. The summed E-state index contributed by atoms with van der Waals surface area (Å²) in [7, 11) is 1.50. The zero-order valence-corrected chi connectivity index (χ0v) is 10.2. The largest absolute Gasteiger partial charge is 0.394 e. The highest BCUT2D eigenvalue weighted by atomic mass is 16.5. The van der Waals surface area contributed by atoms with Gasteiger partial charge in [-0.15, -0.1) is 0 Å². The number of carbonyl (C=O) groups excluding carboxylic acids is 1. The van der Waals surface area contributed by atoms with Gasteiger partial charge in [-0.1, -0.05) is 37.3 Å². The van der Waals surface area contributed by atoms with E-state index in [-0.39, 0.29) is 18.6 Å². The molecule has 4 heteroatoms. The Morgan fingerprint density at radius 1 is 1.41 bits per heavy atom. The lowest BCUT2D eigenvalue weighted by atomic mass is 10.1. The first-order chi connectivity index (χ1) is 8.22. The Hall–Kier alpha value is -1.39. The van der Waals surface area contributed by atoms with E-state index in [2.05, 4.69) is 5.32 Å². The summed E-state index contributed by atoms with van der Waals surface area (Å²) in [4.78, 5) is 12.0. The highest BCUT2D eigenvalue weighted by Gasteiger charge is 2.21. The molecule has 1 amide bonds. The molecule has 2 atom stereocenters. The highest BCUT2D eigenvalue weighted by Crippen LogP contribution is 2.16. The fraction of sp³-hybridized carbons (Fsp3) is 0.462. The normalized spacial score (nSPS) is 14.1. The minimum atomic E-state index is -0.628. The molecule has 0 saturated carbocycles. The van der Waals surface area contributed by atoms with Crippen LogP contribution in [0.2, 0.25) is 0 Å². The van der Waals surface area contributed by atoms with Crippen LogP contribution in [-0.2, 0) is 9.53 Å². The number of nitrogens with one attached hydrogen (secondary N) is 1. The van der Waals surface area contributed by atoms with Gasteiger partial charge in [-0.05, 0) is 12.0 Å². The second-order valence-corrected chi connectivity index (χ2v) is 3.82. The number of aliphatic hydroxyl groups excluding tert-OH is 1. The van der Waals surface area contributed by atoms with Gasteiger partial charge in [-0.25, -0.2) is 0 Å². The van der Waals surface area contributed by atoms with Crippen molar-refractivity contribution < 1.29 is 14.6 Å². The summed E-state index contributed by atoms with van der Waals surface area (Å²) in [6.45, 7) is 1.85. The molecule has 1 aromatic carbocycles. The molecule has 0 spiro atoms.